The number of rotatable bonds is 4. The van der Waals surface area contributed by atoms with Crippen LogP contribution in [0.3, 0.4) is 0 Å². The van der Waals surface area contributed by atoms with Gasteiger partial charge in [0, 0.05) is 52.4 Å². The van der Waals surface area contributed by atoms with E-state index in [1.165, 1.54) is 0 Å². The number of amides is 1. The number of nitrogens with one attached hydrogen (secondary N) is 1. The molecule has 1 atom stereocenters. The minimum atomic E-state index is -0.461. The van der Waals surface area contributed by atoms with Gasteiger partial charge in [-0.3, -0.25) is 14.5 Å². The Hall–Kier alpha value is -2.19. The summed E-state index contributed by atoms with van der Waals surface area (Å²) < 4.78 is 5.73. The summed E-state index contributed by atoms with van der Waals surface area (Å²) in [6.45, 7) is 3.54. The van der Waals surface area contributed by atoms with E-state index in [-0.39, 0.29) is 24.1 Å². The third kappa shape index (κ3) is 4.09. The molecule has 4 heterocycles. The number of piperidine rings is 2. The van der Waals surface area contributed by atoms with Crippen molar-refractivity contribution in [2.75, 3.05) is 45.1 Å². The van der Waals surface area contributed by atoms with Gasteiger partial charge in [0.05, 0.1) is 17.1 Å². The van der Waals surface area contributed by atoms with E-state index in [4.69, 9.17) is 4.74 Å². The lowest BCUT2D eigenvalue weighted by molar-refractivity contribution is -0.151. The van der Waals surface area contributed by atoms with Crippen molar-refractivity contribution in [2.45, 2.75) is 44.3 Å². The van der Waals surface area contributed by atoms with Crippen LogP contribution < -0.4 is 5.32 Å². The van der Waals surface area contributed by atoms with Crippen LogP contribution >= 0.6 is 0 Å². The molecule has 0 aromatic carbocycles. The number of carbonyl (C=O) groups excluding carboxylic acids is 2. The lowest BCUT2D eigenvalue weighted by Crippen LogP contribution is -2.45. The van der Waals surface area contributed by atoms with Crippen LogP contribution in [0.4, 0.5) is 5.82 Å². The van der Waals surface area contributed by atoms with E-state index in [9.17, 15) is 14.7 Å². The number of likely N-dealkylation sites (tertiary alicyclic amines) is 2. The normalized spacial score (nSPS) is 25.2. The summed E-state index contributed by atoms with van der Waals surface area (Å²) in [5, 5.41) is 12.6. The first-order valence-electron chi connectivity index (χ1n) is 10.5. The van der Waals surface area contributed by atoms with Gasteiger partial charge in [0.25, 0.3) is 5.91 Å². The van der Waals surface area contributed by atoms with Crippen LogP contribution in [0.1, 0.15) is 42.5 Å². The quantitative estimate of drug-likeness (QED) is 0.729. The maximum absolute atomic E-state index is 12.9. The average Bonchev–Trinajstić information content (AvgIpc) is 3.04. The van der Waals surface area contributed by atoms with Gasteiger partial charge < -0.3 is 20.1 Å². The first-order chi connectivity index (χ1) is 14.0. The van der Waals surface area contributed by atoms with Crippen LogP contribution in [0.2, 0.25) is 0 Å². The number of esters is 1. The molecular weight excluding hydrogens is 372 g/mol. The van der Waals surface area contributed by atoms with Gasteiger partial charge in [0.15, 0.2) is 0 Å². The zero-order valence-electron chi connectivity index (χ0n) is 17.0. The van der Waals surface area contributed by atoms with Gasteiger partial charge in [-0.1, -0.05) is 0 Å². The zero-order chi connectivity index (χ0) is 20.4. The van der Waals surface area contributed by atoms with Crippen molar-refractivity contribution in [1.29, 1.82) is 0 Å². The third-order valence-corrected chi connectivity index (χ3v) is 6.63. The third-order valence-electron chi connectivity index (χ3n) is 6.63. The molecule has 3 aliphatic rings. The number of nitrogens with zero attached hydrogens (tertiary/aromatic N) is 3. The molecule has 1 aromatic heterocycles. The van der Waals surface area contributed by atoms with Crippen molar-refractivity contribution in [3.8, 4) is 0 Å². The maximum atomic E-state index is 12.9. The smallest absolute Gasteiger partial charge is 0.312 e. The topological polar surface area (TPSA) is 95.0 Å². The van der Waals surface area contributed by atoms with Crippen molar-refractivity contribution in [3.63, 3.8) is 0 Å². The number of anilines is 1. The molecule has 158 valence electrons. The lowest BCUT2D eigenvalue weighted by Gasteiger charge is -2.37. The van der Waals surface area contributed by atoms with E-state index in [2.05, 4.69) is 15.2 Å². The van der Waals surface area contributed by atoms with Gasteiger partial charge in [-0.05, 0) is 37.8 Å². The number of aliphatic hydroxyl groups is 1. The summed E-state index contributed by atoms with van der Waals surface area (Å²) in [6, 6.07) is 3.54. The first kappa shape index (κ1) is 20.1. The van der Waals surface area contributed by atoms with Gasteiger partial charge in [-0.25, -0.2) is 4.98 Å². The molecule has 8 nitrogen and oxygen atoms in total. The van der Waals surface area contributed by atoms with E-state index >= 15 is 0 Å². The first-order valence-corrected chi connectivity index (χ1v) is 10.5. The van der Waals surface area contributed by atoms with Gasteiger partial charge >= 0.3 is 5.97 Å². The van der Waals surface area contributed by atoms with E-state index in [0.29, 0.717) is 37.3 Å². The van der Waals surface area contributed by atoms with Gasteiger partial charge in [0.2, 0.25) is 0 Å². The van der Waals surface area contributed by atoms with Crippen LogP contribution in [-0.4, -0.2) is 83.7 Å². The number of ether oxygens (including phenoxy) is 1. The second kappa shape index (κ2) is 8.28. The molecule has 3 aliphatic heterocycles. The minimum absolute atomic E-state index is 0.0490. The Bertz CT molecular complexity index is 755. The second-order valence-electron chi connectivity index (χ2n) is 8.49. The fraction of sp³-hybridized carbons (Fsp3) is 0.667. The molecule has 1 unspecified atom stereocenters. The van der Waals surface area contributed by atoms with Crippen LogP contribution in [0.25, 0.3) is 0 Å². The highest BCUT2D eigenvalue weighted by atomic mass is 16.6. The Morgan fingerprint density at radius 3 is 2.72 bits per heavy atom. The SMILES string of the molecule is CNc1ncccc1C(=O)N1CCC2(CC1)CC(CN1CCC(O)CC1)OC2=O. The molecule has 3 fully saturated rings. The minimum Gasteiger partial charge on any atom is -0.461 e. The van der Waals surface area contributed by atoms with Crippen molar-refractivity contribution < 1.29 is 19.4 Å². The molecule has 0 aliphatic carbocycles. The number of aliphatic hydroxyl groups excluding tert-OH is 1. The Kier molecular flexibility index (Phi) is 5.74. The molecule has 1 spiro atoms. The number of hydrogen-bond donors (Lipinski definition) is 2. The highest BCUT2D eigenvalue weighted by Gasteiger charge is 2.51. The predicted molar refractivity (Wildman–Crippen MR) is 108 cm³/mol. The van der Waals surface area contributed by atoms with E-state index < -0.39 is 5.41 Å². The number of carbonyl (C=O) groups is 2. The van der Waals surface area contributed by atoms with Gasteiger partial charge in [0.1, 0.15) is 11.9 Å². The van der Waals surface area contributed by atoms with Gasteiger partial charge in [-0.15, -0.1) is 0 Å². The van der Waals surface area contributed by atoms with Crippen molar-refractivity contribution in [1.82, 2.24) is 14.8 Å². The molecular formula is C21H30N4O4. The fourth-order valence-electron chi connectivity index (χ4n) is 4.82. The van der Waals surface area contributed by atoms with Crippen molar-refractivity contribution >= 4 is 17.7 Å². The zero-order valence-corrected chi connectivity index (χ0v) is 17.0. The summed E-state index contributed by atoms with van der Waals surface area (Å²) in [6.07, 6.45) is 4.94. The standard InChI is InChI=1S/C21H30N4O4/c1-22-18-17(3-2-8-23-18)19(27)25-11-6-21(7-12-25)13-16(29-20(21)28)14-24-9-4-15(26)5-10-24/h2-3,8,15-16,26H,4-7,9-14H2,1H3,(H,22,23). The second-order valence-corrected chi connectivity index (χ2v) is 8.49. The summed E-state index contributed by atoms with van der Waals surface area (Å²) in [4.78, 5) is 33.9. The van der Waals surface area contributed by atoms with E-state index in [0.717, 1.165) is 38.9 Å². The predicted octanol–water partition coefficient (Wildman–Crippen LogP) is 1.12. The van der Waals surface area contributed by atoms with Crippen molar-refractivity contribution in [3.05, 3.63) is 23.9 Å². The average molecular weight is 402 g/mol. The Morgan fingerprint density at radius 2 is 2.03 bits per heavy atom. The summed E-state index contributed by atoms with van der Waals surface area (Å²) in [5.41, 5.74) is 0.0995. The Labute approximate surface area is 171 Å². The molecule has 0 radical (unpaired) electrons. The summed E-state index contributed by atoms with van der Waals surface area (Å²) in [7, 11) is 1.75. The number of pyridine rings is 1. The maximum Gasteiger partial charge on any atom is 0.312 e. The number of hydrogen-bond acceptors (Lipinski definition) is 7. The monoisotopic (exact) mass is 402 g/mol. The fourth-order valence-corrected chi connectivity index (χ4v) is 4.82. The Balaban J connectivity index is 1.34. The molecule has 2 N–H and O–H groups in total. The molecule has 29 heavy (non-hydrogen) atoms. The Morgan fingerprint density at radius 1 is 1.31 bits per heavy atom. The molecule has 8 heteroatoms. The molecule has 1 amide bonds. The van der Waals surface area contributed by atoms with Crippen LogP contribution in [0, 0.1) is 5.41 Å². The molecule has 1 aromatic rings. The lowest BCUT2D eigenvalue weighted by atomic mass is 9.76. The number of cyclic esters (lactones) is 1. The summed E-state index contributed by atoms with van der Waals surface area (Å²) in [5.74, 6) is 0.417. The van der Waals surface area contributed by atoms with Crippen molar-refractivity contribution in [2.24, 2.45) is 5.41 Å². The van der Waals surface area contributed by atoms with Crippen LogP contribution in [0.5, 0.6) is 0 Å². The van der Waals surface area contributed by atoms with Crippen LogP contribution in [0.15, 0.2) is 18.3 Å². The number of aromatic nitrogens is 1. The highest BCUT2D eigenvalue weighted by Crippen LogP contribution is 2.43. The van der Waals surface area contributed by atoms with E-state index in [1.54, 1.807) is 25.4 Å². The van der Waals surface area contributed by atoms with Gasteiger partial charge in [-0.2, -0.15) is 0 Å². The highest BCUT2D eigenvalue weighted by molar-refractivity contribution is 5.98. The largest absolute Gasteiger partial charge is 0.461 e. The van der Waals surface area contributed by atoms with E-state index in [1.807, 2.05) is 4.90 Å². The molecule has 0 bridgehead atoms. The van der Waals surface area contributed by atoms with Crippen LogP contribution in [-0.2, 0) is 9.53 Å². The molecule has 4 rings (SSSR count). The summed E-state index contributed by atoms with van der Waals surface area (Å²) >= 11 is 0. The molecule has 0 saturated carbocycles. The molecule has 3 saturated heterocycles.